The van der Waals surface area contributed by atoms with Crippen LogP contribution in [-0.2, 0) is 11.2 Å². The van der Waals surface area contributed by atoms with Crippen molar-refractivity contribution in [1.29, 1.82) is 0 Å². The Kier molecular flexibility index (Phi) is 3.52. The molecule has 3 rings (SSSR count). The quantitative estimate of drug-likeness (QED) is 0.668. The van der Waals surface area contributed by atoms with Crippen LogP contribution in [0.15, 0.2) is 42.5 Å². The van der Waals surface area contributed by atoms with Gasteiger partial charge in [-0.2, -0.15) is 0 Å². The van der Waals surface area contributed by atoms with Crippen LogP contribution in [-0.4, -0.2) is 19.6 Å². The van der Waals surface area contributed by atoms with Gasteiger partial charge >= 0.3 is 5.97 Å². The number of carbonyl (C=O) groups excluding carboxylic acids is 1. The van der Waals surface area contributed by atoms with Crippen LogP contribution in [0.1, 0.15) is 27.4 Å². The number of carbonyl (C=O) groups is 1. The van der Waals surface area contributed by atoms with Crippen LogP contribution in [0.2, 0.25) is 0 Å². The van der Waals surface area contributed by atoms with Gasteiger partial charge in [0, 0.05) is 12.5 Å². The normalized spacial score (nSPS) is 15.8. The average Bonchev–Trinajstić information content (AvgIpc) is 2.48. The summed E-state index contributed by atoms with van der Waals surface area (Å²) < 4.78 is 4.68. The highest BCUT2D eigenvalue weighted by Gasteiger charge is 2.25. The van der Waals surface area contributed by atoms with E-state index < -0.39 is 0 Å². The summed E-state index contributed by atoms with van der Waals surface area (Å²) in [6.07, 6.45) is 1.10. The third-order valence-electron chi connectivity index (χ3n) is 3.97. The van der Waals surface area contributed by atoms with Gasteiger partial charge in [-0.05, 0) is 35.7 Å². The summed E-state index contributed by atoms with van der Waals surface area (Å²) in [5, 5.41) is 3.36. The number of rotatable bonds is 4. The van der Waals surface area contributed by atoms with Gasteiger partial charge in [-0.3, -0.25) is 0 Å². The van der Waals surface area contributed by atoms with Crippen LogP contribution < -0.4 is 11.1 Å². The molecule has 0 radical (unpaired) electrons. The number of hydrogen-bond donors (Lipinski definition) is 2. The summed E-state index contributed by atoms with van der Waals surface area (Å²) in [6.45, 7) is 0.846. The predicted octanol–water partition coefficient (Wildman–Crippen LogP) is 2.81. The molecular weight excluding hydrogens is 264 g/mol. The van der Waals surface area contributed by atoms with Crippen LogP contribution in [0.25, 0.3) is 0 Å². The molecule has 0 heterocycles. The van der Waals surface area contributed by atoms with Gasteiger partial charge in [0.25, 0.3) is 0 Å². The van der Waals surface area contributed by atoms with E-state index in [2.05, 4.69) is 34.3 Å². The lowest BCUT2D eigenvalue weighted by Gasteiger charge is -2.30. The van der Waals surface area contributed by atoms with Crippen molar-refractivity contribution >= 4 is 17.3 Å². The van der Waals surface area contributed by atoms with Crippen molar-refractivity contribution in [1.82, 2.24) is 0 Å². The molecule has 1 unspecified atom stereocenters. The molecule has 0 aromatic heterocycles. The van der Waals surface area contributed by atoms with Gasteiger partial charge in [0.05, 0.1) is 24.0 Å². The van der Waals surface area contributed by atoms with Crippen molar-refractivity contribution in [2.75, 3.05) is 24.7 Å². The van der Waals surface area contributed by atoms with Gasteiger partial charge in [0.2, 0.25) is 0 Å². The zero-order valence-corrected chi connectivity index (χ0v) is 11.9. The van der Waals surface area contributed by atoms with Crippen molar-refractivity contribution in [2.45, 2.75) is 12.3 Å². The van der Waals surface area contributed by atoms with Gasteiger partial charge in [-0.25, -0.2) is 4.79 Å². The summed E-state index contributed by atoms with van der Waals surface area (Å²) in [5.74, 6) is 0.155. The average molecular weight is 282 g/mol. The van der Waals surface area contributed by atoms with Crippen molar-refractivity contribution < 1.29 is 9.53 Å². The Morgan fingerprint density at radius 3 is 2.86 bits per heavy atom. The van der Waals surface area contributed by atoms with Crippen LogP contribution >= 0.6 is 0 Å². The lowest BCUT2D eigenvalue weighted by molar-refractivity contribution is 0.0601. The highest BCUT2D eigenvalue weighted by Crippen LogP contribution is 2.35. The van der Waals surface area contributed by atoms with Crippen LogP contribution in [0.5, 0.6) is 0 Å². The Labute approximate surface area is 123 Å². The van der Waals surface area contributed by atoms with Gasteiger partial charge in [0.1, 0.15) is 0 Å². The summed E-state index contributed by atoms with van der Waals surface area (Å²) in [6, 6.07) is 13.7. The Morgan fingerprint density at radius 2 is 2.14 bits per heavy atom. The molecule has 3 N–H and O–H groups in total. The number of esters is 1. The molecule has 0 fully saturated rings. The highest BCUT2D eigenvalue weighted by atomic mass is 16.5. The summed E-state index contributed by atoms with van der Waals surface area (Å²) in [4.78, 5) is 11.4. The SMILES string of the molecule is COC(=O)c1ccc(NCC2Cc3ccccc32)c(N)c1. The maximum absolute atomic E-state index is 11.4. The third-order valence-corrected chi connectivity index (χ3v) is 3.97. The fraction of sp³-hybridized carbons (Fsp3) is 0.235. The van der Waals surface area contributed by atoms with Crippen LogP contribution in [0.4, 0.5) is 11.4 Å². The number of nitrogens with two attached hydrogens (primary N) is 1. The molecule has 0 saturated carbocycles. The van der Waals surface area contributed by atoms with Crippen molar-refractivity contribution in [3.63, 3.8) is 0 Å². The molecule has 1 atom stereocenters. The number of fused-ring (bicyclic) bond motifs is 1. The maximum atomic E-state index is 11.4. The first-order valence-electron chi connectivity index (χ1n) is 6.98. The Bertz CT molecular complexity index is 682. The number of ether oxygens (including phenoxy) is 1. The number of nitrogens with one attached hydrogen (secondary N) is 1. The third kappa shape index (κ3) is 2.57. The molecule has 2 aromatic rings. The van der Waals surface area contributed by atoms with E-state index in [1.807, 2.05) is 6.07 Å². The monoisotopic (exact) mass is 282 g/mol. The predicted molar refractivity (Wildman–Crippen MR) is 83.6 cm³/mol. The zero-order valence-electron chi connectivity index (χ0n) is 11.9. The van der Waals surface area contributed by atoms with E-state index in [4.69, 9.17) is 5.73 Å². The zero-order chi connectivity index (χ0) is 14.8. The Morgan fingerprint density at radius 1 is 1.33 bits per heavy atom. The number of nitrogen functional groups attached to an aromatic ring is 1. The molecule has 0 amide bonds. The van der Waals surface area contributed by atoms with Crippen molar-refractivity contribution in [2.24, 2.45) is 0 Å². The molecule has 4 heteroatoms. The second-order valence-corrected chi connectivity index (χ2v) is 5.27. The van der Waals surface area contributed by atoms with Crippen LogP contribution in [0, 0.1) is 0 Å². The molecule has 108 valence electrons. The molecular formula is C17H18N2O2. The van der Waals surface area contributed by atoms with Gasteiger partial charge in [-0.1, -0.05) is 24.3 Å². The summed E-state index contributed by atoms with van der Waals surface area (Å²) >= 11 is 0. The van der Waals surface area contributed by atoms with Gasteiger partial charge in [-0.15, -0.1) is 0 Å². The molecule has 21 heavy (non-hydrogen) atoms. The molecule has 0 spiro atoms. The van der Waals surface area contributed by atoms with E-state index in [9.17, 15) is 4.79 Å². The minimum atomic E-state index is -0.374. The van der Waals surface area contributed by atoms with Crippen LogP contribution in [0.3, 0.4) is 0 Å². The lowest BCUT2D eigenvalue weighted by Crippen LogP contribution is -2.24. The molecule has 2 aromatic carbocycles. The first-order valence-corrected chi connectivity index (χ1v) is 6.98. The minimum Gasteiger partial charge on any atom is -0.465 e. The Balaban J connectivity index is 1.66. The second-order valence-electron chi connectivity index (χ2n) is 5.27. The van der Waals surface area contributed by atoms with E-state index in [0.29, 0.717) is 17.2 Å². The first-order chi connectivity index (χ1) is 10.2. The standard InChI is InChI=1S/C17H18N2O2/c1-21-17(20)12-6-7-16(15(18)9-12)19-10-13-8-11-4-2-3-5-14(11)13/h2-7,9,13,19H,8,10,18H2,1H3. The Hall–Kier alpha value is -2.49. The van der Waals surface area contributed by atoms with E-state index in [1.165, 1.54) is 18.2 Å². The molecule has 4 nitrogen and oxygen atoms in total. The molecule has 1 aliphatic carbocycles. The fourth-order valence-electron chi connectivity index (χ4n) is 2.75. The summed E-state index contributed by atoms with van der Waals surface area (Å²) in [7, 11) is 1.36. The largest absolute Gasteiger partial charge is 0.465 e. The van der Waals surface area contributed by atoms with E-state index in [1.54, 1.807) is 12.1 Å². The molecule has 0 aliphatic heterocycles. The van der Waals surface area contributed by atoms with Crippen molar-refractivity contribution in [3.05, 3.63) is 59.2 Å². The second kappa shape index (κ2) is 5.48. The number of methoxy groups -OCH3 is 1. The number of benzene rings is 2. The van der Waals surface area contributed by atoms with E-state index >= 15 is 0 Å². The number of anilines is 2. The van der Waals surface area contributed by atoms with Crippen molar-refractivity contribution in [3.8, 4) is 0 Å². The molecule has 0 bridgehead atoms. The molecule has 0 saturated heterocycles. The van der Waals surface area contributed by atoms with E-state index in [-0.39, 0.29) is 5.97 Å². The van der Waals surface area contributed by atoms with Gasteiger partial charge in [0.15, 0.2) is 0 Å². The first kappa shape index (κ1) is 13.5. The maximum Gasteiger partial charge on any atom is 0.337 e. The highest BCUT2D eigenvalue weighted by molar-refractivity contribution is 5.91. The van der Waals surface area contributed by atoms with E-state index in [0.717, 1.165) is 18.7 Å². The smallest absolute Gasteiger partial charge is 0.337 e. The minimum absolute atomic E-state index is 0.374. The topological polar surface area (TPSA) is 64.3 Å². The lowest BCUT2D eigenvalue weighted by atomic mass is 9.77. The summed E-state index contributed by atoms with van der Waals surface area (Å²) in [5.41, 5.74) is 10.7. The van der Waals surface area contributed by atoms with Gasteiger partial charge < -0.3 is 15.8 Å². The number of hydrogen-bond acceptors (Lipinski definition) is 4. The fourth-order valence-corrected chi connectivity index (χ4v) is 2.75. The molecule has 1 aliphatic rings.